The number of ether oxygens (including phenoxy) is 1. The third kappa shape index (κ3) is 5.30. The Morgan fingerprint density at radius 3 is 2.71 bits per heavy atom. The van der Waals surface area contributed by atoms with Gasteiger partial charge in [-0.3, -0.25) is 14.7 Å². The molecule has 1 aromatic heterocycles. The molecule has 0 unspecified atom stereocenters. The lowest BCUT2D eigenvalue weighted by molar-refractivity contribution is -0.0325. The van der Waals surface area contributed by atoms with Gasteiger partial charge in [0.05, 0.1) is 22.3 Å². The lowest BCUT2D eigenvalue weighted by Crippen LogP contribution is -2.53. The van der Waals surface area contributed by atoms with Gasteiger partial charge in [0.15, 0.2) is 0 Å². The smallest absolute Gasteiger partial charge is 0.253 e. The summed E-state index contributed by atoms with van der Waals surface area (Å²) >= 11 is 6.23. The van der Waals surface area contributed by atoms with Crippen LogP contribution >= 0.6 is 11.6 Å². The van der Waals surface area contributed by atoms with Crippen LogP contribution in [0.1, 0.15) is 35.2 Å². The zero-order valence-electron chi connectivity index (χ0n) is 20.2. The number of fused-ring (bicyclic) bond motifs is 1. The Morgan fingerprint density at radius 2 is 1.94 bits per heavy atom. The van der Waals surface area contributed by atoms with E-state index >= 15 is 0 Å². The molecule has 2 aliphatic rings. The average molecular weight is 493 g/mol. The van der Waals surface area contributed by atoms with Gasteiger partial charge >= 0.3 is 0 Å². The maximum atomic E-state index is 13.1. The summed E-state index contributed by atoms with van der Waals surface area (Å²) in [5, 5.41) is 1.62. The van der Waals surface area contributed by atoms with Crippen molar-refractivity contribution in [2.75, 3.05) is 39.0 Å². The number of nitrogens with zero attached hydrogens (tertiary/aromatic N) is 3. The maximum Gasteiger partial charge on any atom is 0.253 e. The molecule has 2 aliphatic heterocycles. The summed E-state index contributed by atoms with van der Waals surface area (Å²) in [5.74, 6) is 0.574. The van der Waals surface area contributed by atoms with Crippen molar-refractivity contribution in [3.63, 3.8) is 0 Å². The topological polar surface area (TPSA) is 71.7 Å². The first kappa shape index (κ1) is 24.0. The largest absolute Gasteiger partial charge is 0.398 e. The number of nitrogen functional groups attached to an aromatic ring is 1. The second-order valence-corrected chi connectivity index (χ2v) is 10.2. The highest BCUT2D eigenvalue weighted by Gasteiger charge is 2.34. The number of amides is 1. The van der Waals surface area contributed by atoms with Crippen LogP contribution in [0.5, 0.6) is 0 Å². The number of hydrogen-bond acceptors (Lipinski definition) is 5. The lowest BCUT2D eigenvalue weighted by atomic mass is 9.86. The fourth-order valence-corrected chi connectivity index (χ4v) is 5.85. The molecule has 2 aromatic carbocycles. The minimum Gasteiger partial charge on any atom is -0.398 e. The third-order valence-corrected chi connectivity index (χ3v) is 8.04. The highest BCUT2D eigenvalue weighted by molar-refractivity contribution is 6.33. The summed E-state index contributed by atoms with van der Waals surface area (Å²) in [5.41, 5.74) is 9.36. The number of benzene rings is 2. The lowest BCUT2D eigenvalue weighted by Gasteiger charge is -2.44. The first-order valence-electron chi connectivity index (χ1n) is 12.5. The van der Waals surface area contributed by atoms with Crippen LogP contribution in [0.4, 0.5) is 5.69 Å². The van der Waals surface area contributed by atoms with E-state index in [0.29, 0.717) is 22.7 Å². The Kier molecular flexibility index (Phi) is 7.23. The molecule has 0 bridgehead atoms. The predicted molar refractivity (Wildman–Crippen MR) is 141 cm³/mol. The van der Waals surface area contributed by atoms with Crippen molar-refractivity contribution in [3.05, 3.63) is 70.9 Å². The molecule has 0 radical (unpaired) electrons. The van der Waals surface area contributed by atoms with Crippen molar-refractivity contribution in [2.45, 2.75) is 37.8 Å². The van der Waals surface area contributed by atoms with Crippen molar-refractivity contribution >= 4 is 34.1 Å². The van der Waals surface area contributed by atoms with Gasteiger partial charge in [-0.1, -0.05) is 23.7 Å². The second kappa shape index (κ2) is 10.5. The Balaban J connectivity index is 1.16. The number of anilines is 1. The van der Waals surface area contributed by atoms with Crippen LogP contribution in [0.15, 0.2) is 54.7 Å². The number of aromatic nitrogens is 1. The first-order chi connectivity index (χ1) is 17.0. The van der Waals surface area contributed by atoms with Crippen molar-refractivity contribution < 1.29 is 9.53 Å². The summed E-state index contributed by atoms with van der Waals surface area (Å²) in [6.45, 7) is 3.57. The van der Waals surface area contributed by atoms with Gasteiger partial charge in [-0.15, -0.1) is 0 Å². The van der Waals surface area contributed by atoms with E-state index in [1.54, 1.807) is 6.20 Å². The van der Waals surface area contributed by atoms with E-state index in [2.05, 4.69) is 16.0 Å². The van der Waals surface area contributed by atoms with Gasteiger partial charge in [-0.2, -0.15) is 0 Å². The number of likely N-dealkylation sites (tertiary alicyclic amines) is 2. The van der Waals surface area contributed by atoms with Crippen LogP contribution in [0.2, 0.25) is 5.02 Å². The summed E-state index contributed by atoms with van der Waals surface area (Å²) in [6.07, 6.45) is 5.99. The summed E-state index contributed by atoms with van der Waals surface area (Å²) in [6, 6.07) is 16.1. The van der Waals surface area contributed by atoms with E-state index in [1.807, 2.05) is 54.5 Å². The molecule has 1 amide bonds. The standard InChI is InChI=1S/C28H33ClN4O2/c1-35-27-18-33(12-8-21(27)15-19-4-6-25(30)24(29)16-19)23-9-13-32(14-10-23)28(34)22-5-7-26-20(17-22)3-2-11-31-26/h2-7,11,16-17,21,23,27H,8-10,12-15,18,30H2,1H3/t21-,27-/m1/s1. The van der Waals surface area contributed by atoms with Crippen LogP contribution < -0.4 is 5.73 Å². The number of rotatable bonds is 5. The molecular weight excluding hydrogens is 460 g/mol. The number of carbonyl (C=O) groups is 1. The highest BCUT2D eigenvalue weighted by atomic mass is 35.5. The van der Waals surface area contributed by atoms with E-state index in [1.165, 1.54) is 5.56 Å². The predicted octanol–water partition coefficient (Wildman–Crippen LogP) is 4.65. The van der Waals surface area contributed by atoms with Gasteiger partial charge in [0, 0.05) is 49.9 Å². The number of nitrogens with two attached hydrogens (primary N) is 1. The molecule has 5 rings (SSSR count). The van der Waals surface area contributed by atoms with Crippen LogP contribution in [-0.2, 0) is 11.2 Å². The quantitative estimate of drug-likeness (QED) is 0.525. The molecular formula is C28H33ClN4O2. The number of piperidine rings is 2. The Labute approximate surface area is 212 Å². The number of pyridine rings is 1. The molecule has 6 nitrogen and oxygen atoms in total. The number of halogens is 1. The van der Waals surface area contributed by atoms with Crippen molar-refractivity contribution in [1.29, 1.82) is 0 Å². The molecule has 0 saturated carbocycles. The fourth-order valence-electron chi connectivity index (χ4n) is 5.65. The summed E-state index contributed by atoms with van der Waals surface area (Å²) in [7, 11) is 1.82. The molecule has 0 aliphatic carbocycles. The SMILES string of the molecule is CO[C@@H]1CN(C2CCN(C(=O)c3ccc4ncccc4c3)CC2)CC[C@@H]1Cc1ccc(N)c(Cl)c1. The molecule has 3 heterocycles. The molecule has 184 valence electrons. The minimum absolute atomic E-state index is 0.116. The van der Waals surface area contributed by atoms with E-state index in [4.69, 9.17) is 22.1 Å². The molecule has 2 saturated heterocycles. The van der Waals surface area contributed by atoms with Gasteiger partial charge in [0.25, 0.3) is 5.91 Å². The first-order valence-corrected chi connectivity index (χ1v) is 12.8. The Hall–Kier alpha value is -2.67. The van der Waals surface area contributed by atoms with Crippen molar-refractivity contribution in [1.82, 2.24) is 14.8 Å². The molecule has 35 heavy (non-hydrogen) atoms. The van der Waals surface area contributed by atoms with E-state index in [-0.39, 0.29) is 12.0 Å². The minimum atomic E-state index is 0.116. The van der Waals surface area contributed by atoms with Crippen LogP contribution in [0.3, 0.4) is 0 Å². The molecule has 7 heteroatoms. The van der Waals surface area contributed by atoms with E-state index in [9.17, 15) is 4.79 Å². The normalized spacial score (nSPS) is 21.9. The zero-order chi connectivity index (χ0) is 24.4. The zero-order valence-corrected chi connectivity index (χ0v) is 21.0. The van der Waals surface area contributed by atoms with Gasteiger partial charge in [-0.25, -0.2) is 0 Å². The monoisotopic (exact) mass is 492 g/mol. The molecule has 2 atom stereocenters. The molecule has 2 fully saturated rings. The van der Waals surface area contributed by atoms with Gasteiger partial charge < -0.3 is 15.4 Å². The van der Waals surface area contributed by atoms with Gasteiger partial charge in [-0.05, 0) is 80.1 Å². The van der Waals surface area contributed by atoms with Crippen molar-refractivity contribution in [2.24, 2.45) is 5.92 Å². The third-order valence-electron chi connectivity index (χ3n) is 7.71. The molecule has 0 spiro atoms. The maximum absolute atomic E-state index is 13.1. The summed E-state index contributed by atoms with van der Waals surface area (Å²) in [4.78, 5) is 22.1. The Morgan fingerprint density at radius 1 is 1.11 bits per heavy atom. The average Bonchev–Trinajstić information content (AvgIpc) is 2.90. The van der Waals surface area contributed by atoms with Gasteiger partial charge in [0.2, 0.25) is 0 Å². The van der Waals surface area contributed by atoms with Crippen LogP contribution in [0.25, 0.3) is 10.9 Å². The molecule has 3 aromatic rings. The molecule has 2 N–H and O–H groups in total. The van der Waals surface area contributed by atoms with Crippen LogP contribution in [-0.4, -0.2) is 66.1 Å². The second-order valence-electron chi connectivity index (χ2n) is 9.81. The summed E-state index contributed by atoms with van der Waals surface area (Å²) < 4.78 is 5.93. The number of methoxy groups -OCH3 is 1. The van der Waals surface area contributed by atoms with Gasteiger partial charge in [0.1, 0.15) is 0 Å². The van der Waals surface area contributed by atoms with E-state index in [0.717, 1.165) is 68.3 Å². The van der Waals surface area contributed by atoms with Crippen LogP contribution in [0, 0.1) is 5.92 Å². The fraction of sp³-hybridized carbons (Fsp3) is 0.429. The number of carbonyl (C=O) groups excluding carboxylic acids is 1. The van der Waals surface area contributed by atoms with E-state index < -0.39 is 0 Å². The number of hydrogen-bond donors (Lipinski definition) is 1. The Bertz CT molecular complexity index is 1190. The van der Waals surface area contributed by atoms with Crippen molar-refractivity contribution in [3.8, 4) is 0 Å². The highest BCUT2D eigenvalue weighted by Crippen LogP contribution is 2.30.